The van der Waals surface area contributed by atoms with E-state index in [1.807, 2.05) is 48.6 Å². The first-order chi connectivity index (χ1) is 11.5. The van der Waals surface area contributed by atoms with E-state index >= 15 is 0 Å². The highest BCUT2D eigenvalue weighted by molar-refractivity contribution is 5.70. The van der Waals surface area contributed by atoms with Crippen LogP contribution in [0.1, 0.15) is 11.1 Å². The average Bonchev–Trinajstić information content (AvgIpc) is 2.60. The lowest BCUT2D eigenvalue weighted by Crippen LogP contribution is -2.38. The van der Waals surface area contributed by atoms with E-state index in [0.29, 0.717) is 0 Å². The molecule has 4 nitrogen and oxygen atoms in total. The van der Waals surface area contributed by atoms with Crippen LogP contribution in [0.4, 0.5) is 10.1 Å². The number of aromatic hydroxyl groups is 1. The summed E-state index contributed by atoms with van der Waals surface area (Å²) in [6, 6.07) is 14.6. The number of hydrogen-bond acceptors (Lipinski definition) is 4. The predicted molar refractivity (Wildman–Crippen MR) is 94.7 cm³/mol. The number of benzene rings is 2. The second-order valence-corrected chi connectivity index (χ2v) is 5.69. The zero-order chi connectivity index (χ0) is 17.5. The molecule has 0 aliphatic rings. The third-order valence-electron chi connectivity index (χ3n) is 3.76. The lowest BCUT2D eigenvalue weighted by molar-refractivity contribution is 0.0102. The monoisotopic (exact) mass is 331 g/mol. The van der Waals surface area contributed by atoms with Gasteiger partial charge in [-0.05, 0) is 35.4 Å². The zero-order valence-corrected chi connectivity index (χ0v) is 13.5. The average molecular weight is 331 g/mol. The Balaban J connectivity index is 1.98. The van der Waals surface area contributed by atoms with Crippen LogP contribution in [0.3, 0.4) is 0 Å². The van der Waals surface area contributed by atoms with Crippen molar-refractivity contribution in [1.82, 2.24) is 0 Å². The van der Waals surface area contributed by atoms with Crippen LogP contribution in [0.15, 0.2) is 48.5 Å². The first kappa shape index (κ1) is 18.0. The van der Waals surface area contributed by atoms with Gasteiger partial charge in [0.25, 0.3) is 0 Å². The Labute approximate surface area is 141 Å². The number of anilines is 1. The molecule has 0 amide bonds. The smallest absolute Gasteiger partial charge is 0.118 e. The van der Waals surface area contributed by atoms with E-state index in [1.54, 1.807) is 24.1 Å². The number of phenols is 1. The minimum absolute atomic E-state index is 0.147. The number of alkyl halides is 1. The van der Waals surface area contributed by atoms with E-state index < -0.39 is 18.9 Å². The lowest BCUT2D eigenvalue weighted by atomic mass is 10.1. The molecule has 3 N–H and O–H groups in total. The molecular weight excluding hydrogens is 309 g/mol. The van der Waals surface area contributed by atoms with Gasteiger partial charge in [0, 0.05) is 19.3 Å². The topological polar surface area (TPSA) is 63.9 Å². The third kappa shape index (κ3) is 5.08. The van der Waals surface area contributed by atoms with Crippen molar-refractivity contribution in [1.29, 1.82) is 0 Å². The van der Waals surface area contributed by atoms with Gasteiger partial charge in [0.05, 0.1) is 6.10 Å². The second kappa shape index (κ2) is 8.47. The fourth-order valence-electron chi connectivity index (χ4n) is 2.23. The summed E-state index contributed by atoms with van der Waals surface area (Å²) in [5, 5.41) is 28.2. The fourth-order valence-corrected chi connectivity index (χ4v) is 2.23. The van der Waals surface area contributed by atoms with Crippen molar-refractivity contribution in [2.24, 2.45) is 0 Å². The highest BCUT2D eigenvalue weighted by Gasteiger charge is 2.17. The zero-order valence-electron chi connectivity index (χ0n) is 13.5. The van der Waals surface area contributed by atoms with Crippen molar-refractivity contribution in [3.8, 4) is 5.75 Å². The minimum atomic E-state index is -1.36. The van der Waals surface area contributed by atoms with Crippen molar-refractivity contribution in [2.45, 2.75) is 12.2 Å². The largest absolute Gasteiger partial charge is 0.508 e. The number of phenolic OH excluding ortho intramolecular Hbond substituents is 1. The maximum atomic E-state index is 12.3. The van der Waals surface area contributed by atoms with Crippen LogP contribution in [0, 0.1) is 0 Å². The van der Waals surface area contributed by atoms with Crippen molar-refractivity contribution in [3.63, 3.8) is 0 Å². The molecule has 0 saturated carbocycles. The molecule has 2 rings (SSSR count). The molecule has 0 heterocycles. The molecule has 0 aromatic heterocycles. The molecule has 2 atom stereocenters. The molecule has 0 aliphatic heterocycles. The lowest BCUT2D eigenvalue weighted by Gasteiger charge is -2.24. The van der Waals surface area contributed by atoms with Gasteiger partial charge in [0.15, 0.2) is 0 Å². The maximum absolute atomic E-state index is 12.3. The second-order valence-electron chi connectivity index (χ2n) is 5.69. The molecule has 0 fully saturated rings. The van der Waals surface area contributed by atoms with Crippen molar-refractivity contribution in [3.05, 3.63) is 59.7 Å². The summed E-state index contributed by atoms with van der Waals surface area (Å²) < 4.78 is 12.3. The summed E-state index contributed by atoms with van der Waals surface area (Å²) in [5.74, 6) is 0.236. The Bertz CT molecular complexity index is 655. The number of nitrogens with zero attached hydrogens (tertiary/aromatic N) is 1. The molecule has 2 aromatic carbocycles. The molecule has 128 valence electrons. The summed E-state index contributed by atoms with van der Waals surface area (Å²) in [6.45, 7) is -0.816. The van der Waals surface area contributed by atoms with Crippen molar-refractivity contribution in [2.75, 3.05) is 25.2 Å². The molecule has 0 bridgehead atoms. The summed E-state index contributed by atoms with van der Waals surface area (Å²) in [7, 11) is 1.77. The highest BCUT2D eigenvalue weighted by Crippen LogP contribution is 2.17. The van der Waals surface area contributed by atoms with Gasteiger partial charge in [-0.15, -0.1) is 0 Å². The van der Waals surface area contributed by atoms with Crippen LogP contribution in [-0.2, 0) is 0 Å². The number of likely N-dealkylation sites (N-methyl/N-ethyl adjacent to an activating group) is 1. The van der Waals surface area contributed by atoms with Crippen LogP contribution in [-0.4, -0.2) is 47.8 Å². The summed E-state index contributed by atoms with van der Waals surface area (Å²) in [4.78, 5) is 1.76. The van der Waals surface area contributed by atoms with E-state index in [-0.39, 0.29) is 12.3 Å². The Hall–Kier alpha value is -2.37. The standard InChI is InChI=1S/C19H22FNO3/c1-21(13-19(24)18(23)12-20)16-8-4-14(5-9-16)2-3-15-6-10-17(22)11-7-15/h2-11,18-19,22-24H,12-13H2,1H3/b3-2+. The Morgan fingerprint density at radius 2 is 1.42 bits per heavy atom. The van der Waals surface area contributed by atoms with Crippen LogP contribution in [0.25, 0.3) is 12.2 Å². The van der Waals surface area contributed by atoms with E-state index in [2.05, 4.69) is 0 Å². The van der Waals surface area contributed by atoms with E-state index in [1.165, 1.54) is 0 Å². The highest BCUT2D eigenvalue weighted by atomic mass is 19.1. The first-order valence-electron chi connectivity index (χ1n) is 7.70. The predicted octanol–water partition coefficient (Wildman–Crippen LogP) is 2.69. The SMILES string of the molecule is CN(CC(O)C(O)CF)c1ccc(/C=C/c2ccc(O)cc2)cc1. The van der Waals surface area contributed by atoms with Crippen molar-refractivity contribution < 1.29 is 19.7 Å². The Morgan fingerprint density at radius 1 is 0.917 bits per heavy atom. The first-order valence-corrected chi connectivity index (χ1v) is 7.70. The molecule has 5 heteroatoms. The normalized spacial score (nSPS) is 13.8. The van der Waals surface area contributed by atoms with E-state index in [4.69, 9.17) is 0 Å². The van der Waals surface area contributed by atoms with Crippen LogP contribution in [0.5, 0.6) is 5.75 Å². The van der Waals surface area contributed by atoms with Crippen LogP contribution < -0.4 is 4.90 Å². The molecule has 0 radical (unpaired) electrons. The van der Waals surface area contributed by atoms with Gasteiger partial charge >= 0.3 is 0 Å². The third-order valence-corrected chi connectivity index (χ3v) is 3.76. The number of aliphatic hydroxyl groups excluding tert-OH is 2. The number of hydrogen-bond donors (Lipinski definition) is 3. The van der Waals surface area contributed by atoms with Gasteiger partial charge in [0.2, 0.25) is 0 Å². The fraction of sp³-hybridized carbons (Fsp3) is 0.263. The van der Waals surface area contributed by atoms with Gasteiger partial charge in [0.1, 0.15) is 18.5 Å². The molecule has 0 saturated heterocycles. The molecule has 0 aliphatic carbocycles. The van der Waals surface area contributed by atoms with Gasteiger partial charge in [-0.1, -0.05) is 36.4 Å². The summed E-state index contributed by atoms with van der Waals surface area (Å²) >= 11 is 0. The van der Waals surface area contributed by atoms with Gasteiger partial charge in [-0.3, -0.25) is 0 Å². The molecular formula is C19H22FNO3. The number of halogens is 1. The molecule has 0 spiro atoms. The van der Waals surface area contributed by atoms with E-state index in [0.717, 1.165) is 16.8 Å². The molecule has 24 heavy (non-hydrogen) atoms. The number of rotatable bonds is 7. The summed E-state index contributed by atoms with van der Waals surface area (Å²) in [5.41, 5.74) is 2.85. The van der Waals surface area contributed by atoms with Gasteiger partial charge in [-0.25, -0.2) is 4.39 Å². The Kier molecular flexibility index (Phi) is 6.35. The Morgan fingerprint density at radius 3 is 1.92 bits per heavy atom. The molecule has 2 unspecified atom stereocenters. The summed E-state index contributed by atoms with van der Waals surface area (Å²) in [6.07, 6.45) is 1.41. The molecule has 2 aromatic rings. The van der Waals surface area contributed by atoms with Crippen LogP contribution >= 0.6 is 0 Å². The van der Waals surface area contributed by atoms with Gasteiger partial charge in [-0.2, -0.15) is 0 Å². The van der Waals surface area contributed by atoms with Gasteiger partial charge < -0.3 is 20.2 Å². The minimum Gasteiger partial charge on any atom is -0.508 e. The number of aliphatic hydroxyl groups is 2. The van der Waals surface area contributed by atoms with E-state index in [9.17, 15) is 19.7 Å². The quantitative estimate of drug-likeness (QED) is 0.683. The van der Waals surface area contributed by atoms with Crippen molar-refractivity contribution >= 4 is 17.8 Å². The maximum Gasteiger partial charge on any atom is 0.118 e. The van der Waals surface area contributed by atoms with Crippen LogP contribution in [0.2, 0.25) is 0 Å².